The van der Waals surface area contributed by atoms with E-state index in [-0.39, 0.29) is 10.4 Å². The fraction of sp³-hybridized carbons (Fsp3) is 0.368. The van der Waals surface area contributed by atoms with Crippen LogP contribution in [0.3, 0.4) is 0 Å². The largest absolute Gasteiger partial charge is 0.543 e. The fourth-order valence-corrected chi connectivity index (χ4v) is 3.58. The maximum Gasteiger partial charge on any atom is 0.250 e. The normalized spacial score (nSPS) is 13.7. The van der Waals surface area contributed by atoms with Crippen molar-refractivity contribution in [2.24, 2.45) is 0 Å². The quantitative estimate of drug-likeness (QED) is 0.383. The summed E-state index contributed by atoms with van der Waals surface area (Å²) < 4.78 is 7.44. The summed E-state index contributed by atoms with van der Waals surface area (Å²) in [5, 5.41) is 0.000733. The maximum atomic E-state index is 6.66. The Kier molecular flexibility index (Phi) is 5.65. The van der Waals surface area contributed by atoms with Crippen molar-refractivity contribution >= 4 is 35.8 Å². The second-order valence-electron chi connectivity index (χ2n) is 7.35. The van der Waals surface area contributed by atoms with Gasteiger partial charge in [-0.05, 0) is 53.5 Å². The van der Waals surface area contributed by atoms with Crippen molar-refractivity contribution in [3.8, 4) is 5.75 Å². The van der Waals surface area contributed by atoms with E-state index in [1.165, 1.54) is 0 Å². The smallest absolute Gasteiger partial charge is 0.250 e. The second-order valence-corrected chi connectivity index (χ2v) is 13.4. The Morgan fingerprint density at radius 1 is 1.00 bits per heavy atom. The zero-order valence-corrected chi connectivity index (χ0v) is 17.7. The highest BCUT2D eigenvalue weighted by molar-refractivity contribution is 9.10. The standard InChI is InChI=1S/C19H24BrClOSi/c1-19(2,3)23(4,5)22-17-8-6-7-15(13-17)18(21)14-9-11-16(20)12-10-14/h6-13,18H,1-5H3. The van der Waals surface area contributed by atoms with Crippen LogP contribution in [-0.4, -0.2) is 8.32 Å². The van der Waals surface area contributed by atoms with Crippen molar-refractivity contribution in [2.45, 2.75) is 44.3 Å². The molecule has 0 saturated carbocycles. The van der Waals surface area contributed by atoms with Gasteiger partial charge in [-0.25, -0.2) is 0 Å². The summed E-state index contributed by atoms with van der Waals surface area (Å²) in [5.41, 5.74) is 2.14. The van der Waals surface area contributed by atoms with Crippen LogP contribution >= 0.6 is 27.5 Å². The molecule has 0 aliphatic heterocycles. The molecule has 1 atom stereocenters. The lowest BCUT2D eigenvalue weighted by Gasteiger charge is -2.36. The Morgan fingerprint density at radius 3 is 2.17 bits per heavy atom. The van der Waals surface area contributed by atoms with Gasteiger partial charge < -0.3 is 4.43 Å². The first kappa shape index (κ1) is 18.6. The van der Waals surface area contributed by atoms with E-state index in [4.69, 9.17) is 16.0 Å². The Balaban J connectivity index is 2.24. The van der Waals surface area contributed by atoms with Gasteiger partial charge in [0.25, 0.3) is 0 Å². The summed E-state index contributed by atoms with van der Waals surface area (Å²) in [7, 11) is -1.84. The van der Waals surface area contributed by atoms with Crippen LogP contribution in [0.2, 0.25) is 18.1 Å². The van der Waals surface area contributed by atoms with Gasteiger partial charge in [0.15, 0.2) is 0 Å². The molecule has 0 saturated heterocycles. The molecule has 23 heavy (non-hydrogen) atoms. The highest BCUT2D eigenvalue weighted by Gasteiger charge is 2.39. The molecular formula is C19H24BrClOSi. The Morgan fingerprint density at radius 2 is 1.61 bits per heavy atom. The van der Waals surface area contributed by atoms with E-state index in [2.05, 4.69) is 61.9 Å². The summed E-state index contributed by atoms with van der Waals surface area (Å²) in [4.78, 5) is 0. The monoisotopic (exact) mass is 410 g/mol. The third-order valence-corrected chi connectivity index (χ3v) is 9.88. The van der Waals surface area contributed by atoms with Gasteiger partial charge in [-0.15, -0.1) is 11.6 Å². The van der Waals surface area contributed by atoms with Gasteiger partial charge in [-0.1, -0.05) is 61.0 Å². The van der Waals surface area contributed by atoms with E-state index in [0.717, 1.165) is 21.3 Å². The van der Waals surface area contributed by atoms with Gasteiger partial charge >= 0.3 is 0 Å². The summed E-state index contributed by atoms with van der Waals surface area (Å²) in [6.45, 7) is 11.2. The number of alkyl halides is 1. The Labute approximate surface area is 154 Å². The van der Waals surface area contributed by atoms with Crippen molar-refractivity contribution in [1.29, 1.82) is 0 Å². The lowest BCUT2D eigenvalue weighted by molar-refractivity contribution is 0.491. The van der Waals surface area contributed by atoms with E-state index in [0.29, 0.717) is 0 Å². The number of benzene rings is 2. The molecule has 0 aliphatic rings. The van der Waals surface area contributed by atoms with Crippen molar-refractivity contribution in [3.05, 3.63) is 64.1 Å². The van der Waals surface area contributed by atoms with Crippen molar-refractivity contribution in [2.75, 3.05) is 0 Å². The molecule has 0 N–H and O–H groups in total. The molecule has 2 aromatic rings. The molecule has 0 fully saturated rings. The average Bonchev–Trinajstić information content (AvgIpc) is 2.46. The van der Waals surface area contributed by atoms with E-state index in [1.807, 2.05) is 36.4 Å². The van der Waals surface area contributed by atoms with Gasteiger partial charge in [0.2, 0.25) is 8.32 Å². The summed E-state index contributed by atoms with van der Waals surface area (Å²) in [6, 6.07) is 16.3. The predicted octanol–water partition coefficient (Wildman–Crippen LogP) is 7.16. The van der Waals surface area contributed by atoms with Gasteiger partial charge in [-0.3, -0.25) is 0 Å². The highest BCUT2D eigenvalue weighted by atomic mass is 79.9. The average molecular weight is 412 g/mol. The SMILES string of the molecule is CC(C)(C)[Si](C)(C)Oc1cccc(C(Cl)c2ccc(Br)cc2)c1. The van der Waals surface area contributed by atoms with Crippen molar-refractivity contribution in [1.82, 2.24) is 0 Å². The molecule has 4 heteroatoms. The summed E-state index contributed by atoms with van der Waals surface area (Å²) >= 11 is 10.1. The Hall–Kier alpha value is -0.773. The minimum Gasteiger partial charge on any atom is -0.543 e. The molecule has 0 aliphatic carbocycles. The topological polar surface area (TPSA) is 9.23 Å². The third kappa shape index (κ3) is 4.62. The molecule has 1 nitrogen and oxygen atoms in total. The van der Waals surface area contributed by atoms with Crippen molar-refractivity contribution < 1.29 is 4.43 Å². The first-order chi connectivity index (χ1) is 10.6. The number of hydrogen-bond acceptors (Lipinski definition) is 1. The number of rotatable bonds is 4. The first-order valence-corrected chi connectivity index (χ1v) is 11.9. The van der Waals surface area contributed by atoms with Crippen LogP contribution < -0.4 is 4.43 Å². The molecule has 1 unspecified atom stereocenters. The van der Waals surface area contributed by atoms with Gasteiger partial charge in [0.05, 0.1) is 5.38 Å². The van der Waals surface area contributed by atoms with E-state index in [9.17, 15) is 0 Å². The Bertz CT molecular complexity index is 662. The van der Waals surface area contributed by atoms with E-state index < -0.39 is 8.32 Å². The minimum atomic E-state index is -1.84. The molecule has 2 rings (SSSR count). The van der Waals surface area contributed by atoms with E-state index >= 15 is 0 Å². The van der Waals surface area contributed by atoms with Crippen LogP contribution in [0.25, 0.3) is 0 Å². The zero-order valence-electron chi connectivity index (χ0n) is 14.4. The molecule has 0 heterocycles. The molecular weight excluding hydrogens is 388 g/mol. The van der Waals surface area contributed by atoms with Crippen LogP contribution in [0.4, 0.5) is 0 Å². The highest BCUT2D eigenvalue weighted by Crippen LogP contribution is 2.38. The molecule has 0 radical (unpaired) electrons. The molecule has 124 valence electrons. The van der Waals surface area contributed by atoms with Crippen LogP contribution in [0, 0.1) is 0 Å². The number of hydrogen-bond donors (Lipinski definition) is 0. The van der Waals surface area contributed by atoms with Crippen molar-refractivity contribution in [3.63, 3.8) is 0 Å². The number of halogens is 2. The van der Waals surface area contributed by atoms with Crippen LogP contribution in [0.5, 0.6) is 5.75 Å². The zero-order chi connectivity index (χ0) is 17.3. The van der Waals surface area contributed by atoms with Crippen LogP contribution in [0.15, 0.2) is 53.0 Å². The first-order valence-electron chi connectivity index (χ1n) is 7.79. The van der Waals surface area contributed by atoms with Gasteiger partial charge in [0.1, 0.15) is 5.75 Å². The van der Waals surface area contributed by atoms with Crippen LogP contribution in [0.1, 0.15) is 37.3 Å². The third-order valence-electron chi connectivity index (χ3n) is 4.49. The lowest BCUT2D eigenvalue weighted by Crippen LogP contribution is -2.43. The fourth-order valence-electron chi connectivity index (χ4n) is 2.01. The molecule has 0 spiro atoms. The maximum absolute atomic E-state index is 6.66. The molecule has 0 bridgehead atoms. The predicted molar refractivity (Wildman–Crippen MR) is 106 cm³/mol. The summed E-state index contributed by atoms with van der Waals surface area (Å²) in [5.74, 6) is 0.914. The van der Waals surface area contributed by atoms with Gasteiger partial charge in [0, 0.05) is 4.47 Å². The summed E-state index contributed by atoms with van der Waals surface area (Å²) in [6.07, 6.45) is 0. The van der Waals surface area contributed by atoms with Crippen LogP contribution in [-0.2, 0) is 0 Å². The molecule has 0 aromatic heterocycles. The molecule has 2 aromatic carbocycles. The van der Waals surface area contributed by atoms with E-state index in [1.54, 1.807) is 0 Å². The van der Waals surface area contributed by atoms with Gasteiger partial charge in [-0.2, -0.15) is 0 Å². The molecule has 0 amide bonds. The second kappa shape index (κ2) is 7.00. The minimum absolute atomic E-state index is 0.175. The lowest BCUT2D eigenvalue weighted by atomic mass is 10.0.